The number of carbonyl (C=O) groups is 1. The minimum atomic E-state index is -0.222. The molecule has 1 saturated carbocycles. The van der Waals surface area contributed by atoms with Crippen LogP contribution in [0.5, 0.6) is 0 Å². The number of aliphatic imine (C=N–C) groups is 1. The zero-order chi connectivity index (χ0) is 12.9. The highest BCUT2D eigenvalue weighted by molar-refractivity contribution is 5.84. The SMILES string of the molecule is CC(C)(C)NC(=O)CN=C(N)NC1CCCC1. The van der Waals surface area contributed by atoms with Crippen molar-refractivity contribution in [3.63, 3.8) is 0 Å². The first-order chi connectivity index (χ1) is 7.87. The summed E-state index contributed by atoms with van der Waals surface area (Å²) in [5, 5.41) is 5.98. The van der Waals surface area contributed by atoms with E-state index in [0.717, 1.165) is 12.8 Å². The van der Waals surface area contributed by atoms with Gasteiger partial charge in [0.25, 0.3) is 0 Å². The Morgan fingerprint density at radius 2 is 1.94 bits per heavy atom. The van der Waals surface area contributed by atoms with E-state index >= 15 is 0 Å². The van der Waals surface area contributed by atoms with Gasteiger partial charge in [-0.1, -0.05) is 12.8 Å². The van der Waals surface area contributed by atoms with E-state index in [2.05, 4.69) is 15.6 Å². The Bertz CT molecular complexity index is 287. The Morgan fingerprint density at radius 1 is 1.35 bits per heavy atom. The predicted molar refractivity (Wildman–Crippen MR) is 69.8 cm³/mol. The van der Waals surface area contributed by atoms with Crippen molar-refractivity contribution in [1.82, 2.24) is 10.6 Å². The number of carbonyl (C=O) groups excluding carboxylic acids is 1. The molecule has 0 aromatic carbocycles. The highest BCUT2D eigenvalue weighted by Crippen LogP contribution is 2.17. The van der Waals surface area contributed by atoms with Crippen molar-refractivity contribution in [2.75, 3.05) is 6.54 Å². The molecular weight excluding hydrogens is 216 g/mol. The van der Waals surface area contributed by atoms with E-state index in [4.69, 9.17) is 5.73 Å². The van der Waals surface area contributed by atoms with Crippen LogP contribution >= 0.6 is 0 Å². The molecule has 0 bridgehead atoms. The summed E-state index contributed by atoms with van der Waals surface area (Å²) in [7, 11) is 0. The fourth-order valence-corrected chi connectivity index (χ4v) is 1.94. The highest BCUT2D eigenvalue weighted by atomic mass is 16.2. The van der Waals surface area contributed by atoms with Crippen LogP contribution < -0.4 is 16.4 Å². The van der Waals surface area contributed by atoms with Crippen LogP contribution in [0.4, 0.5) is 0 Å². The standard InChI is InChI=1S/C12H24N4O/c1-12(2,3)16-10(17)8-14-11(13)15-9-6-4-5-7-9/h9H,4-8H2,1-3H3,(H,16,17)(H3,13,14,15). The maximum absolute atomic E-state index is 11.5. The zero-order valence-corrected chi connectivity index (χ0v) is 11.0. The number of nitrogens with two attached hydrogens (primary N) is 1. The molecule has 5 heteroatoms. The molecule has 1 rings (SSSR count). The van der Waals surface area contributed by atoms with Gasteiger partial charge in [-0.3, -0.25) is 4.79 Å². The first-order valence-corrected chi connectivity index (χ1v) is 6.24. The summed E-state index contributed by atoms with van der Waals surface area (Å²) in [5.41, 5.74) is 5.50. The van der Waals surface area contributed by atoms with E-state index < -0.39 is 0 Å². The summed E-state index contributed by atoms with van der Waals surface area (Å²) in [6, 6.07) is 0.435. The van der Waals surface area contributed by atoms with Gasteiger partial charge < -0.3 is 16.4 Å². The van der Waals surface area contributed by atoms with Gasteiger partial charge in [-0.25, -0.2) is 4.99 Å². The summed E-state index contributed by atoms with van der Waals surface area (Å²) >= 11 is 0. The Balaban J connectivity index is 2.29. The fraction of sp³-hybridized carbons (Fsp3) is 0.833. The van der Waals surface area contributed by atoms with E-state index in [-0.39, 0.29) is 18.0 Å². The number of guanidine groups is 1. The summed E-state index contributed by atoms with van der Waals surface area (Å²) in [4.78, 5) is 15.5. The van der Waals surface area contributed by atoms with Crippen molar-refractivity contribution in [3.8, 4) is 0 Å². The molecule has 0 heterocycles. The lowest BCUT2D eigenvalue weighted by molar-refractivity contribution is -0.121. The van der Waals surface area contributed by atoms with Crippen molar-refractivity contribution in [2.24, 2.45) is 10.7 Å². The molecule has 0 saturated heterocycles. The molecule has 0 aromatic heterocycles. The number of rotatable bonds is 3. The van der Waals surface area contributed by atoms with Crippen LogP contribution in [0.2, 0.25) is 0 Å². The molecule has 0 spiro atoms. The van der Waals surface area contributed by atoms with Gasteiger partial charge in [0.15, 0.2) is 5.96 Å². The van der Waals surface area contributed by atoms with Crippen molar-refractivity contribution < 1.29 is 4.79 Å². The number of hydrogen-bond donors (Lipinski definition) is 3. The number of nitrogens with zero attached hydrogens (tertiary/aromatic N) is 1. The first-order valence-electron chi connectivity index (χ1n) is 6.24. The van der Waals surface area contributed by atoms with Crippen LogP contribution in [0, 0.1) is 0 Å². The van der Waals surface area contributed by atoms with Crippen molar-refractivity contribution in [3.05, 3.63) is 0 Å². The monoisotopic (exact) mass is 240 g/mol. The summed E-state index contributed by atoms with van der Waals surface area (Å²) in [6.07, 6.45) is 4.78. The van der Waals surface area contributed by atoms with E-state index in [1.807, 2.05) is 20.8 Å². The molecule has 4 N–H and O–H groups in total. The topological polar surface area (TPSA) is 79.5 Å². The van der Waals surface area contributed by atoms with Crippen LogP contribution in [0.1, 0.15) is 46.5 Å². The van der Waals surface area contributed by atoms with Crippen molar-refractivity contribution >= 4 is 11.9 Å². The third kappa shape index (κ3) is 6.14. The molecule has 17 heavy (non-hydrogen) atoms. The second-order valence-electron chi connectivity index (χ2n) is 5.63. The molecule has 1 fully saturated rings. The number of nitrogens with one attached hydrogen (secondary N) is 2. The Morgan fingerprint density at radius 3 is 2.47 bits per heavy atom. The second-order valence-corrected chi connectivity index (χ2v) is 5.63. The lowest BCUT2D eigenvalue weighted by Gasteiger charge is -2.20. The normalized spacial score (nSPS) is 18.2. The second kappa shape index (κ2) is 5.89. The zero-order valence-electron chi connectivity index (χ0n) is 11.0. The summed E-state index contributed by atoms with van der Waals surface area (Å²) < 4.78 is 0. The van der Waals surface area contributed by atoms with E-state index in [1.54, 1.807) is 0 Å². The molecular formula is C12H24N4O. The smallest absolute Gasteiger partial charge is 0.242 e. The maximum atomic E-state index is 11.5. The average molecular weight is 240 g/mol. The number of hydrogen-bond acceptors (Lipinski definition) is 2. The van der Waals surface area contributed by atoms with Gasteiger partial charge >= 0.3 is 0 Å². The Hall–Kier alpha value is -1.26. The van der Waals surface area contributed by atoms with Crippen molar-refractivity contribution in [2.45, 2.75) is 58.0 Å². The van der Waals surface area contributed by atoms with E-state index in [1.165, 1.54) is 12.8 Å². The molecule has 0 aromatic rings. The van der Waals surface area contributed by atoms with Gasteiger partial charge in [0.1, 0.15) is 6.54 Å². The quantitative estimate of drug-likeness (QED) is 0.503. The molecule has 1 aliphatic carbocycles. The minimum absolute atomic E-state index is 0.0861. The van der Waals surface area contributed by atoms with Gasteiger partial charge in [-0.15, -0.1) is 0 Å². The summed E-state index contributed by atoms with van der Waals surface area (Å²) in [6.45, 7) is 5.90. The fourth-order valence-electron chi connectivity index (χ4n) is 1.94. The average Bonchev–Trinajstić information content (AvgIpc) is 2.64. The van der Waals surface area contributed by atoms with Crippen LogP contribution in [0.3, 0.4) is 0 Å². The molecule has 0 atom stereocenters. The van der Waals surface area contributed by atoms with Crippen molar-refractivity contribution in [1.29, 1.82) is 0 Å². The van der Waals surface area contributed by atoms with Gasteiger partial charge in [0, 0.05) is 11.6 Å². The predicted octanol–water partition coefficient (Wildman–Crippen LogP) is 0.748. The lowest BCUT2D eigenvalue weighted by Crippen LogP contribution is -2.43. The van der Waals surface area contributed by atoms with E-state index in [9.17, 15) is 4.79 Å². The third-order valence-corrected chi connectivity index (χ3v) is 2.61. The molecule has 5 nitrogen and oxygen atoms in total. The van der Waals surface area contributed by atoms with E-state index in [0.29, 0.717) is 12.0 Å². The molecule has 1 aliphatic rings. The molecule has 98 valence electrons. The summed E-state index contributed by atoms with van der Waals surface area (Å²) in [5.74, 6) is 0.273. The highest BCUT2D eigenvalue weighted by Gasteiger charge is 2.16. The Labute approximate surface area is 103 Å². The third-order valence-electron chi connectivity index (χ3n) is 2.61. The van der Waals surface area contributed by atoms with Gasteiger partial charge in [-0.2, -0.15) is 0 Å². The lowest BCUT2D eigenvalue weighted by atomic mass is 10.1. The largest absolute Gasteiger partial charge is 0.370 e. The van der Waals surface area contributed by atoms with Gasteiger partial charge in [-0.05, 0) is 33.6 Å². The molecule has 1 amide bonds. The van der Waals surface area contributed by atoms with Gasteiger partial charge in [0.05, 0.1) is 0 Å². The Kier molecular flexibility index (Phi) is 4.78. The van der Waals surface area contributed by atoms with Crippen LogP contribution in [0.15, 0.2) is 4.99 Å². The molecule has 0 unspecified atom stereocenters. The van der Waals surface area contributed by atoms with Crippen LogP contribution in [-0.4, -0.2) is 30.0 Å². The van der Waals surface area contributed by atoms with Crippen LogP contribution in [0.25, 0.3) is 0 Å². The number of amides is 1. The minimum Gasteiger partial charge on any atom is -0.370 e. The molecule has 0 radical (unpaired) electrons. The van der Waals surface area contributed by atoms with Crippen LogP contribution in [-0.2, 0) is 4.79 Å². The molecule has 0 aliphatic heterocycles. The van der Waals surface area contributed by atoms with Gasteiger partial charge in [0.2, 0.25) is 5.91 Å². The maximum Gasteiger partial charge on any atom is 0.242 e. The first kappa shape index (κ1) is 13.8.